The number of nitrogens with one attached hydrogen (secondary N) is 1. The molecule has 0 aliphatic heterocycles. The fourth-order valence-electron chi connectivity index (χ4n) is 1.86. The maximum absolute atomic E-state index is 3.58. The zero-order valence-electron chi connectivity index (χ0n) is 11.3. The Hall–Kier alpha value is -0.470. The van der Waals surface area contributed by atoms with E-state index in [9.17, 15) is 0 Å². The molecule has 1 nitrogen and oxygen atoms in total. The summed E-state index contributed by atoms with van der Waals surface area (Å²) < 4.78 is 0. The first-order valence-electron chi connectivity index (χ1n) is 6.63. The van der Waals surface area contributed by atoms with Gasteiger partial charge in [0.1, 0.15) is 0 Å². The van der Waals surface area contributed by atoms with Crippen LogP contribution in [0.25, 0.3) is 0 Å². The molecule has 1 aromatic carbocycles. The topological polar surface area (TPSA) is 12.0 Å². The van der Waals surface area contributed by atoms with Gasteiger partial charge in [-0.05, 0) is 37.6 Å². The van der Waals surface area contributed by atoms with Gasteiger partial charge in [-0.15, -0.1) is 0 Å². The van der Waals surface area contributed by atoms with Crippen LogP contribution in [0.1, 0.15) is 31.4 Å². The maximum atomic E-state index is 3.58. The second-order valence-electron chi connectivity index (χ2n) is 4.52. The third-order valence-corrected chi connectivity index (χ3v) is 4.10. The molecule has 0 aliphatic rings. The van der Waals surface area contributed by atoms with Crippen molar-refractivity contribution >= 4 is 11.8 Å². The van der Waals surface area contributed by atoms with Crippen LogP contribution in [0.3, 0.4) is 0 Å². The molecule has 0 radical (unpaired) electrons. The Labute approximate surface area is 110 Å². The summed E-state index contributed by atoms with van der Waals surface area (Å²) in [5, 5.41) is 3.58. The first kappa shape index (κ1) is 14.6. The Balaban J connectivity index is 2.44. The average molecular weight is 251 g/mol. The summed E-state index contributed by atoms with van der Waals surface area (Å²) in [4.78, 5) is 0. The van der Waals surface area contributed by atoms with E-state index in [1.165, 1.54) is 29.1 Å². The van der Waals surface area contributed by atoms with Crippen LogP contribution >= 0.6 is 11.8 Å². The second-order valence-corrected chi connectivity index (χ2v) is 5.67. The standard InChI is InChI=1S/C15H25NS/c1-4-10-17-12-15(16-5-2)11-14-8-6-13(3)7-9-14/h6-9,15-16H,4-5,10-12H2,1-3H3. The number of hydrogen-bond donors (Lipinski definition) is 1. The van der Waals surface area contributed by atoms with Gasteiger partial charge in [0.05, 0.1) is 0 Å². The van der Waals surface area contributed by atoms with Crippen molar-refractivity contribution in [3.63, 3.8) is 0 Å². The van der Waals surface area contributed by atoms with Crippen LogP contribution in [0.5, 0.6) is 0 Å². The number of rotatable bonds is 8. The van der Waals surface area contributed by atoms with Gasteiger partial charge in [0, 0.05) is 11.8 Å². The van der Waals surface area contributed by atoms with Gasteiger partial charge >= 0.3 is 0 Å². The molecule has 2 heteroatoms. The molecule has 0 heterocycles. The summed E-state index contributed by atoms with van der Waals surface area (Å²) in [6, 6.07) is 9.53. The number of aryl methyl sites for hydroxylation is 1. The Bertz CT molecular complexity index is 294. The third-order valence-electron chi connectivity index (χ3n) is 2.76. The highest BCUT2D eigenvalue weighted by molar-refractivity contribution is 7.99. The van der Waals surface area contributed by atoms with Gasteiger partial charge in [0.15, 0.2) is 0 Å². The van der Waals surface area contributed by atoms with Crippen LogP contribution in [0, 0.1) is 6.92 Å². The molecule has 0 amide bonds. The molecule has 0 aromatic heterocycles. The molecule has 1 atom stereocenters. The predicted octanol–water partition coefficient (Wildman–Crippen LogP) is 3.66. The van der Waals surface area contributed by atoms with E-state index in [2.05, 4.69) is 62.1 Å². The van der Waals surface area contributed by atoms with Gasteiger partial charge in [-0.3, -0.25) is 0 Å². The zero-order chi connectivity index (χ0) is 12.5. The highest BCUT2D eigenvalue weighted by Gasteiger charge is 2.08. The van der Waals surface area contributed by atoms with Gasteiger partial charge in [-0.2, -0.15) is 11.8 Å². The molecule has 1 unspecified atom stereocenters. The average Bonchev–Trinajstić information content (AvgIpc) is 2.32. The van der Waals surface area contributed by atoms with Gasteiger partial charge in [-0.25, -0.2) is 0 Å². The third kappa shape index (κ3) is 6.13. The van der Waals surface area contributed by atoms with Crippen LogP contribution < -0.4 is 5.32 Å². The van der Waals surface area contributed by atoms with Crippen molar-refractivity contribution in [3.8, 4) is 0 Å². The minimum absolute atomic E-state index is 0.610. The molecule has 0 spiro atoms. The zero-order valence-corrected chi connectivity index (χ0v) is 12.1. The summed E-state index contributed by atoms with van der Waals surface area (Å²) in [5.74, 6) is 2.49. The molecule has 1 N–H and O–H groups in total. The Kier molecular flexibility index (Phi) is 7.38. The van der Waals surface area contributed by atoms with Crippen LogP contribution in [0.2, 0.25) is 0 Å². The number of likely N-dealkylation sites (N-methyl/N-ethyl adjacent to an activating group) is 1. The van der Waals surface area contributed by atoms with E-state index < -0.39 is 0 Å². The highest BCUT2D eigenvalue weighted by Crippen LogP contribution is 2.11. The van der Waals surface area contributed by atoms with Gasteiger partial charge < -0.3 is 5.32 Å². The summed E-state index contributed by atoms with van der Waals surface area (Å²) in [5.41, 5.74) is 2.78. The normalized spacial score (nSPS) is 12.6. The lowest BCUT2D eigenvalue weighted by Crippen LogP contribution is -2.33. The van der Waals surface area contributed by atoms with Crippen molar-refractivity contribution in [1.82, 2.24) is 5.32 Å². The Morgan fingerprint density at radius 2 is 1.88 bits per heavy atom. The van der Waals surface area contributed by atoms with Crippen LogP contribution in [0.4, 0.5) is 0 Å². The van der Waals surface area contributed by atoms with Crippen molar-refractivity contribution in [3.05, 3.63) is 35.4 Å². The summed E-state index contributed by atoms with van der Waals surface area (Å²) >= 11 is 2.06. The summed E-state index contributed by atoms with van der Waals surface area (Å²) in [7, 11) is 0. The van der Waals surface area contributed by atoms with Crippen LogP contribution in [-0.2, 0) is 6.42 Å². The van der Waals surface area contributed by atoms with Gasteiger partial charge in [0.2, 0.25) is 0 Å². The first-order chi connectivity index (χ1) is 8.26. The lowest BCUT2D eigenvalue weighted by molar-refractivity contribution is 0.572. The quantitative estimate of drug-likeness (QED) is 0.708. The minimum atomic E-state index is 0.610. The first-order valence-corrected chi connectivity index (χ1v) is 7.78. The van der Waals surface area contributed by atoms with E-state index in [0.29, 0.717) is 6.04 Å². The maximum Gasteiger partial charge on any atom is 0.0198 e. The second kappa shape index (κ2) is 8.60. The van der Waals surface area contributed by atoms with E-state index in [1.54, 1.807) is 0 Å². The largest absolute Gasteiger partial charge is 0.313 e. The van der Waals surface area contributed by atoms with E-state index in [-0.39, 0.29) is 0 Å². The van der Waals surface area contributed by atoms with E-state index in [4.69, 9.17) is 0 Å². The molecular formula is C15H25NS. The number of benzene rings is 1. The molecule has 1 rings (SSSR count). The molecule has 17 heavy (non-hydrogen) atoms. The number of hydrogen-bond acceptors (Lipinski definition) is 2. The van der Waals surface area contributed by atoms with Crippen molar-refractivity contribution < 1.29 is 0 Å². The molecule has 0 saturated heterocycles. The molecular weight excluding hydrogens is 226 g/mol. The Morgan fingerprint density at radius 1 is 1.18 bits per heavy atom. The van der Waals surface area contributed by atoms with Crippen molar-refractivity contribution in [2.75, 3.05) is 18.1 Å². The van der Waals surface area contributed by atoms with Crippen molar-refractivity contribution in [2.24, 2.45) is 0 Å². The SMILES string of the molecule is CCCSCC(Cc1ccc(C)cc1)NCC. The van der Waals surface area contributed by atoms with Crippen LogP contribution in [0.15, 0.2) is 24.3 Å². The molecule has 0 fully saturated rings. The smallest absolute Gasteiger partial charge is 0.0198 e. The van der Waals surface area contributed by atoms with Gasteiger partial charge in [-0.1, -0.05) is 43.7 Å². The highest BCUT2D eigenvalue weighted by atomic mass is 32.2. The molecule has 0 saturated carbocycles. The van der Waals surface area contributed by atoms with Crippen LogP contribution in [-0.4, -0.2) is 24.1 Å². The fourth-order valence-corrected chi connectivity index (χ4v) is 2.83. The molecule has 96 valence electrons. The minimum Gasteiger partial charge on any atom is -0.313 e. The van der Waals surface area contributed by atoms with Crippen molar-refractivity contribution in [1.29, 1.82) is 0 Å². The predicted molar refractivity (Wildman–Crippen MR) is 80.0 cm³/mol. The number of thioether (sulfide) groups is 1. The Morgan fingerprint density at radius 3 is 2.47 bits per heavy atom. The fraction of sp³-hybridized carbons (Fsp3) is 0.600. The van der Waals surface area contributed by atoms with Crippen molar-refractivity contribution in [2.45, 2.75) is 39.7 Å². The summed E-state index contributed by atoms with van der Waals surface area (Å²) in [6.45, 7) is 7.63. The lowest BCUT2D eigenvalue weighted by atomic mass is 10.1. The molecule has 0 bridgehead atoms. The monoisotopic (exact) mass is 251 g/mol. The van der Waals surface area contributed by atoms with E-state index >= 15 is 0 Å². The summed E-state index contributed by atoms with van der Waals surface area (Å²) in [6.07, 6.45) is 2.42. The van der Waals surface area contributed by atoms with Gasteiger partial charge in [0.25, 0.3) is 0 Å². The van der Waals surface area contributed by atoms with E-state index in [0.717, 1.165) is 13.0 Å². The van der Waals surface area contributed by atoms with E-state index in [1.807, 2.05) is 0 Å². The lowest BCUT2D eigenvalue weighted by Gasteiger charge is -2.17. The molecule has 0 aliphatic carbocycles. The molecule has 1 aromatic rings.